The molecule has 3 nitrogen and oxygen atoms in total. The van der Waals surface area contributed by atoms with E-state index in [-0.39, 0.29) is 0 Å². The Morgan fingerprint density at radius 2 is 2.10 bits per heavy atom. The second-order valence-electron chi connectivity index (χ2n) is 6.07. The van der Waals surface area contributed by atoms with Crippen molar-refractivity contribution in [3.8, 4) is 0 Å². The predicted molar refractivity (Wildman–Crippen MR) is 91.0 cm³/mol. The highest BCUT2D eigenvalue weighted by molar-refractivity contribution is 6.31. The lowest BCUT2D eigenvalue weighted by Crippen LogP contribution is -2.50. The molecule has 0 spiro atoms. The zero-order chi connectivity index (χ0) is 15.2. The lowest BCUT2D eigenvalue weighted by Gasteiger charge is -2.39. The number of piperazine rings is 1. The quantitative estimate of drug-likeness (QED) is 0.871. The van der Waals surface area contributed by atoms with E-state index >= 15 is 0 Å². The number of likely N-dealkylation sites (N-methyl/N-ethyl adjacent to an activating group) is 1. The van der Waals surface area contributed by atoms with Gasteiger partial charge in [0.2, 0.25) is 0 Å². The van der Waals surface area contributed by atoms with E-state index in [0.717, 1.165) is 31.1 Å². The Morgan fingerprint density at radius 1 is 1.33 bits per heavy atom. The summed E-state index contributed by atoms with van der Waals surface area (Å²) in [7, 11) is 2.21. The van der Waals surface area contributed by atoms with Crippen LogP contribution in [0.25, 0.3) is 0 Å². The lowest BCUT2D eigenvalue weighted by atomic mass is 10.0. The Balaban J connectivity index is 1.96. The predicted octanol–water partition coefficient (Wildman–Crippen LogP) is 3.02. The summed E-state index contributed by atoms with van der Waals surface area (Å²) in [4.78, 5) is 5.01. The molecule has 2 unspecified atom stereocenters. The highest BCUT2D eigenvalue weighted by atomic mass is 35.5. The average molecular weight is 310 g/mol. The van der Waals surface area contributed by atoms with Crippen molar-refractivity contribution in [3.63, 3.8) is 0 Å². The summed E-state index contributed by atoms with van der Waals surface area (Å²) >= 11 is 6.36. The molecule has 1 saturated heterocycles. The largest absolute Gasteiger partial charge is 0.310 e. The van der Waals surface area contributed by atoms with Crippen LogP contribution in [0.15, 0.2) is 24.3 Å². The first-order valence-corrected chi connectivity index (χ1v) is 8.40. The molecule has 0 saturated carbocycles. The lowest BCUT2D eigenvalue weighted by molar-refractivity contribution is 0.0961. The molecule has 0 aliphatic carbocycles. The van der Waals surface area contributed by atoms with Crippen LogP contribution in [0, 0.1) is 0 Å². The van der Waals surface area contributed by atoms with Gasteiger partial charge in [0, 0.05) is 43.3 Å². The number of nitrogens with one attached hydrogen (secondary N) is 1. The van der Waals surface area contributed by atoms with Gasteiger partial charge < -0.3 is 10.2 Å². The van der Waals surface area contributed by atoms with Crippen molar-refractivity contribution in [2.24, 2.45) is 0 Å². The van der Waals surface area contributed by atoms with E-state index < -0.39 is 0 Å². The molecule has 1 aliphatic heterocycles. The number of benzene rings is 1. The van der Waals surface area contributed by atoms with E-state index in [1.165, 1.54) is 18.7 Å². The van der Waals surface area contributed by atoms with Crippen LogP contribution in [0.3, 0.4) is 0 Å². The molecule has 0 amide bonds. The van der Waals surface area contributed by atoms with Crippen LogP contribution in [0.2, 0.25) is 5.02 Å². The van der Waals surface area contributed by atoms with Gasteiger partial charge in [0.05, 0.1) is 0 Å². The topological polar surface area (TPSA) is 18.5 Å². The van der Waals surface area contributed by atoms with Gasteiger partial charge in [-0.25, -0.2) is 0 Å². The molecule has 1 aromatic carbocycles. The van der Waals surface area contributed by atoms with E-state index in [1.54, 1.807) is 0 Å². The average Bonchev–Trinajstić information content (AvgIpc) is 2.46. The summed E-state index contributed by atoms with van der Waals surface area (Å²) in [6, 6.07) is 9.18. The molecule has 0 aromatic heterocycles. The van der Waals surface area contributed by atoms with E-state index in [4.69, 9.17) is 11.6 Å². The number of rotatable bonds is 6. The van der Waals surface area contributed by atoms with Crippen molar-refractivity contribution in [1.82, 2.24) is 15.1 Å². The fraction of sp³-hybridized carbons (Fsp3) is 0.647. The van der Waals surface area contributed by atoms with Gasteiger partial charge >= 0.3 is 0 Å². The van der Waals surface area contributed by atoms with Crippen molar-refractivity contribution < 1.29 is 0 Å². The standard InChI is InChI=1S/C17H28ClN3/c1-4-19-17(15-7-5-6-8-16(15)18)9-10-21-12-11-20(3)13-14(21)2/h5-8,14,17,19H,4,9-13H2,1-3H3. The van der Waals surface area contributed by atoms with Crippen LogP contribution in [-0.4, -0.2) is 55.6 Å². The Labute approximate surface area is 134 Å². The molecule has 0 radical (unpaired) electrons. The fourth-order valence-electron chi connectivity index (χ4n) is 3.18. The third-order valence-corrected chi connectivity index (χ3v) is 4.75. The van der Waals surface area contributed by atoms with Gasteiger partial charge in [-0.1, -0.05) is 36.7 Å². The smallest absolute Gasteiger partial charge is 0.0453 e. The zero-order valence-corrected chi connectivity index (χ0v) is 14.2. The van der Waals surface area contributed by atoms with Crippen molar-refractivity contribution in [1.29, 1.82) is 0 Å². The second kappa shape index (κ2) is 8.14. The third-order valence-electron chi connectivity index (χ3n) is 4.40. The van der Waals surface area contributed by atoms with Crippen molar-refractivity contribution in [3.05, 3.63) is 34.9 Å². The van der Waals surface area contributed by atoms with Crippen molar-refractivity contribution >= 4 is 11.6 Å². The van der Waals surface area contributed by atoms with Gasteiger partial charge in [0.25, 0.3) is 0 Å². The summed E-state index contributed by atoms with van der Waals surface area (Å²) < 4.78 is 0. The van der Waals surface area contributed by atoms with E-state index in [1.807, 2.05) is 12.1 Å². The van der Waals surface area contributed by atoms with Crippen LogP contribution in [-0.2, 0) is 0 Å². The summed E-state index contributed by atoms with van der Waals surface area (Å²) in [5.41, 5.74) is 1.22. The molecule has 1 fully saturated rings. The van der Waals surface area contributed by atoms with Gasteiger partial charge in [0.1, 0.15) is 0 Å². The minimum absolute atomic E-state index is 0.343. The minimum Gasteiger partial charge on any atom is -0.310 e. The maximum absolute atomic E-state index is 6.36. The first-order valence-electron chi connectivity index (χ1n) is 8.02. The fourth-order valence-corrected chi connectivity index (χ4v) is 3.44. The molecular weight excluding hydrogens is 282 g/mol. The summed E-state index contributed by atoms with van der Waals surface area (Å²) in [6.07, 6.45) is 1.10. The summed E-state index contributed by atoms with van der Waals surface area (Å²) in [5.74, 6) is 0. The van der Waals surface area contributed by atoms with Gasteiger partial charge in [-0.15, -0.1) is 0 Å². The van der Waals surface area contributed by atoms with Crippen LogP contribution in [0.1, 0.15) is 31.9 Å². The number of halogens is 1. The zero-order valence-electron chi connectivity index (χ0n) is 13.5. The SMILES string of the molecule is CCNC(CCN1CCN(C)CC1C)c1ccccc1Cl. The normalized spacial score (nSPS) is 22.4. The van der Waals surface area contributed by atoms with Crippen LogP contribution >= 0.6 is 11.6 Å². The highest BCUT2D eigenvalue weighted by Crippen LogP contribution is 2.25. The van der Waals surface area contributed by atoms with Crippen LogP contribution in [0.5, 0.6) is 0 Å². The summed E-state index contributed by atoms with van der Waals surface area (Å²) in [6.45, 7) is 10.1. The van der Waals surface area contributed by atoms with Gasteiger partial charge in [-0.3, -0.25) is 4.90 Å². The Kier molecular flexibility index (Phi) is 6.49. The van der Waals surface area contributed by atoms with Gasteiger partial charge in [-0.05, 0) is 38.6 Å². The molecule has 0 bridgehead atoms. The van der Waals surface area contributed by atoms with Gasteiger partial charge in [0.15, 0.2) is 0 Å². The molecule has 21 heavy (non-hydrogen) atoms. The van der Waals surface area contributed by atoms with Crippen LogP contribution < -0.4 is 5.32 Å². The van der Waals surface area contributed by atoms with Crippen molar-refractivity contribution in [2.75, 3.05) is 39.8 Å². The summed E-state index contributed by atoms with van der Waals surface area (Å²) in [5, 5.41) is 4.45. The minimum atomic E-state index is 0.343. The maximum Gasteiger partial charge on any atom is 0.0453 e. The molecule has 1 heterocycles. The number of hydrogen-bond acceptors (Lipinski definition) is 3. The van der Waals surface area contributed by atoms with Crippen LogP contribution in [0.4, 0.5) is 0 Å². The Morgan fingerprint density at radius 3 is 2.76 bits per heavy atom. The second-order valence-corrected chi connectivity index (χ2v) is 6.47. The first kappa shape index (κ1) is 16.8. The van der Waals surface area contributed by atoms with E-state index in [2.05, 4.69) is 48.1 Å². The Bertz CT molecular complexity index is 438. The maximum atomic E-state index is 6.36. The number of nitrogens with zero attached hydrogens (tertiary/aromatic N) is 2. The third kappa shape index (κ3) is 4.68. The molecule has 118 valence electrons. The molecular formula is C17H28ClN3. The molecule has 1 aliphatic rings. The number of hydrogen-bond donors (Lipinski definition) is 1. The van der Waals surface area contributed by atoms with E-state index in [0.29, 0.717) is 12.1 Å². The molecule has 2 atom stereocenters. The monoisotopic (exact) mass is 309 g/mol. The molecule has 1 aromatic rings. The molecule has 4 heteroatoms. The highest BCUT2D eigenvalue weighted by Gasteiger charge is 2.22. The first-order chi connectivity index (χ1) is 10.1. The molecule has 1 N–H and O–H groups in total. The van der Waals surface area contributed by atoms with Crippen molar-refractivity contribution in [2.45, 2.75) is 32.4 Å². The van der Waals surface area contributed by atoms with E-state index in [9.17, 15) is 0 Å². The Hall–Kier alpha value is -0.610. The van der Waals surface area contributed by atoms with Gasteiger partial charge in [-0.2, -0.15) is 0 Å². The molecule has 2 rings (SSSR count).